The van der Waals surface area contributed by atoms with E-state index in [4.69, 9.17) is 0 Å². The van der Waals surface area contributed by atoms with Crippen LogP contribution in [0.2, 0.25) is 0 Å². The van der Waals surface area contributed by atoms with Crippen molar-refractivity contribution in [2.45, 2.75) is 72.8 Å². The molecule has 0 saturated heterocycles. The molecule has 1 aliphatic heterocycles. The topological polar surface area (TPSA) is 104 Å². The number of aliphatic imine (C=N–C) groups is 1. The van der Waals surface area contributed by atoms with Crippen molar-refractivity contribution in [1.29, 1.82) is 0 Å². The molecule has 0 bridgehead atoms. The van der Waals surface area contributed by atoms with Crippen LogP contribution in [0.3, 0.4) is 0 Å². The van der Waals surface area contributed by atoms with Crippen LogP contribution in [0.5, 0.6) is 5.88 Å². The van der Waals surface area contributed by atoms with E-state index >= 15 is 0 Å². The van der Waals surface area contributed by atoms with Crippen LogP contribution >= 0.6 is 0 Å². The average molecular weight is 445 g/mol. The van der Waals surface area contributed by atoms with Gasteiger partial charge in [0.25, 0.3) is 17.4 Å². The van der Waals surface area contributed by atoms with E-state index in [1.807, 2.05) is 27.7 Å². The van der Waals surface area contributed by atoms with Crippen LogP contribution in [0.25, 0.3) is 5.57 Å². The Morgan fingerprint density at radius 3 is 2.25 bits per heavy atom. The first-order valence-electron chi connectivity index (χ1n) is 11.7. The highest BCUT2D eigenvalue weighted by Crippen LogP contribution is 2.30. The molecule has 0 saturated carbocycles. The Hall–Kier alpha value is -2.90. The van der Waals surface area contributed by atoms with E-state index < -0.39 is 11.8 Å². The number of rotatable bonds is 12. The number of carbonyl (C=O) groups excluding carboxylic acids is 2. The van der Waals surface area contributed by atoms with Crippen LogP contribution in [0, 0.1) is 0 Å². The van der Waals surface area contributed by atoms with Crippen LogP contribution in [0.15, 0.2) is 21.9 Å². The Morgan fingerprint density at radius 1 is 0.938 bits per heavy atom. The molecule has 176 valence electrons. The molecule has 2 amide bonds. The first-order valence-corrected chi connectivity index (χ1v) is 11.7. The summed E-state index contributed by atoms with van der Waals surface area (Å²) >= 11 is 0. The second-order valence-electron chi connectivity index (χ2n) is 7.97. The van der Waals surface area contributed by atoms with Crippen molar-refractivity contribution in [3.8, 4) is 5.88 Å². The molecule has 2 N–H and O–H groups in total. The quantitative estimate of drug-likeness (QED) is 0.480. The van der Waals surface area contributed by atoms with E-state index in [-0.39, 0.29) is 34.8 Å². The monoisotopic (exact) mass is 444 g/mol. The molecule has 0 fully saturated rings. The van der Waals surface area contributed by atoms with Crippen molar-refractivity contribution in [3.63, 3.8) is 0 Å². The van der Waals surface area contributed by atoms with Gasteiger partial charge in [-0.2, -0.15) is 0 Å². The molecule has 0 radical (unpaired) electrons. The molecule has 8 nitrogen and oxygen atoms in total. The lowest BCUT2D eigenvalue weighted by atomic mass is 9.98. The predicted octanol–water partition coefficient (Wildman–Crippen LogP) is 3.58. The van der Waals surface area contributed by atoms with E-state index in [0.717, 1.165) is 25.7 Å². The fraction of sp³-hybridized carbons (Fsp3) is 0.583. The molecule has 8 heteroatoms. The zero-order valence-electron chi connectivity index (χ0n) is 19.7. The average Bonchev–Trinajstić information content (AvgIpc) is 2.78. The second kappa shape index (κ2) is 12.2. The molecule has 32 heavy (non-hydrogen) atoms. The fourth-order valence-corrected chi connectivity index (χ4v) is 3.46. The molecule has 1 aromatic rings. The molecule has 0 aliphatic carbocycles. The summed E-state index contributed by atoms with van der Waals surface area (Å²) in [5, 5.41) is 14.1. The van der Waals surface area contributed by atoms with Gasteiger partial charge in [-0.05, 0) is 37.8 Å². The van der Waals surface area contributed by atoms with Gasteiger partial charge in [-0.15, -0.1) is 0 Å². The minimum absolute atomic E-state index is 0.179. The Morgan fingerprint density at radius 2 is 1.62 bits per heavy atom. The van der Waals surface area contributed by atoms with Crippen LogP contribution in [0.4, 0.5) is 5.69 Å². The zero-order chi connectivity index (χ0) is 23.7. The molecule has 2 rings (SSSR count). The molecule has 2 heterocycles. The van der Waals surface area contributed by atoms with Crippen LogP contribution in [-0.4, -0.2) is 51.7 Å². The first kappa shape index (κ1) is 25.4. The molecular formula is C24H36N4O4. The van der Waals surface area contributed by atoms with Gasteiger partial charge in [0.1, 0.15) is 11.4 Å². The van der Waals surface area contributed by atoms with Gasteiger partial charge in [0.05, 0.1) is 5.57 Å². The molecule has 0 atom stereocenters. The molecule has 0 spiro atoms. The Kier molecular flexibility index (Phi) is 9.68. The maximum absolute atomic E-state index is 13.3. The van der Waals surface area contributed by atoms with Gasteiger partial charge in [-0.25, -0.2) is 0 Å². The van der Waals surface area contributed by atoms with E-state index in [0.29, 0.717) is 38.2 Å². The number of imide groups is 1. The van der Waals surface area contributed by atoms with Gasteiger partial charge >= 0.3 is 0 Å². The number of nitrogens with one attached hydrogen (secondary N) is 1. The number of carbonyl (C=O) groups is 2. The maximum Gasteiger partial charge on any atom is 0.278 e. The van der Waals surface area contributed by atoms with E-state index in [9.17, 15) is 19.5 Å². The number of unbranched alkanes of at least 4 members (excludes halogenated alkanes) is 2. The van der Waals surface area contributed by atoms with Gasteiger partial charge in [0.2, 0.25) is 5.88 Å². The number of aromatic nitrogens is 1. The molecule has 0 aromatic carbocycles. The fourth-order valence-electron chi connectivity index (χ4n) is 3.46. The van der Waals surface area contributed by atoms with Gasteiger partial charge in [-0.3, -0.25) is 28.8 Å². The SMILES string of the molecule is CCCCN1C(=O)C(c2cc(NCCC)c(=O)n(CCCC)c2O)=CC(=NCCC)C1=O. The third-order valence-electron chi connectivity index (χ3n) is 5.31. The lowest BCUT2D eigenvalue weighted by Crippen LogP contribution is -2.45. The Balaban J connectivity index is 2.68. The van der Waals surface area contributed by atoms with Crippen LogP contribution in [0.1, 0.15) is 71.8 Å². The van der Waals surface area contributed by atoms with Gasteiger partial charge in [-0.1, -0.05) is 40.5 Å². The summed E-state index contributed by atoms with van der Waals surface area (Å²) in [6.45, 7) is 9.62. The Labute approximate surface area is 190 Å². The van der Waals surface area contributed by atoms with E-state index in [1.54, 1.807) is 0 Å². The predicted molar refractivity (Wildman–Crippen MR) is 128 cm³/mol. The standard InChI is InChI=1S/C24H36N4O4/c1-5-9-13-27-21(29)17(15-19(23(27)31)25-11-7-3)18-16-20(26-12-8-4)24(32)28(22(18)30)14-10-6-2/h15-16,25,29H,5-14H2,1-4H3. The maximum atomic E-state index is 13.3. The van der Waals surface area contributed by atoms with Crippen molar-refractivity contribution in [2.75, 3.05) is 25.0 Å². The largest absolute Gasteiger partial charge is 0.494 e. The Bertz CT molecular complexity index is 946. The summed E-state index contributed by atoms with van der Waals surface area (Å²) in [6.07, 6.45) is 6.10. The number of anilines is 1. The number of aromatic hydroxyl groups is 1. The highest BCUT2D eigenvalue weighted by atomic mass is 16.3. The van der Waals surface area contributed by atoms with Gasteiger partial charge in [0.15, 0.2) is 0 Å². The summed E-state index contributed by atoms with van der Waals surface area (Å²) < 4.78 is 1.31. The minimum atomic E-state index is -0.476. The van der Waals surface area contributed by atoms with Crippen molar-refractivity contribution in [1.82, 2.24) is 9.47 Å². The van der Waals surface area contributed by atoms with Gasteiger partial charge in [0, 0.05) is 31.7 Å². The highest BCUT2D eigenvalue weighted by Gasteiger charge is 2.34. The normalized spacial score (nSPS) is 15.4. The smallest absolute Gasteiger partial charge is 0.278 e. The number of amides is 2. The third-order valence-corrected chi connectivity index (χ3v) is 5.31. The second-order valence-corrected chi connectivity index (χ2v) is 7.97. The van der Waals surface area contributed by atoms with E-state index in [2.05, 4.69) is 10.3 Å². The molecule has 1 aliphatic rings. The van der Waals surface area contributed by atoms with Crippen molar-refractivity contribution < 1.29 is 14.7 Å². The minimum Gasteiger partial charge on any atom is -0.494 e. The number of pyridine rings is 1. The number of hydrogen-bond acceptors (Lipinski definition) is 6. The van der Waals surface area contributed by atoms with Crippen LogP contribution < -0.4 is 10.9 Å². The summed E-state index contributed by atoms with van der Waals surface area (Å²) in [5.74, 6) is -1.15. The van der Waals surface area contributed by atoms with E-state index in [1.165, 1.54) is 21.6 Å². The summed E-state index contributed by atoms with van der Waals surface area (Å²) in [6, 6.07) is 1.52. The summed E-state index contributed by atoms with van der Waals surface area (Å²) in [7, 11) is 0. The summed E-state index contributed by atoms with van der Waals surface area (Å²) in [4.78, 5) is 44.7. The van der Waals surface area contributed by atoms with Crippen molar-refractivity contribution >= 4 is 28.8 Å². The van der Waals surface area contributed by atoms with Crippen molar-refractivity contribution in [3.05, 3.63) is 28.1 Å². The van der Waals surface area contributed by atoms with Crippen molar-refractivity contribution in [2.24, 2.45) is 4.99 Å². The molecule has 1 aromatic heterocycles. The highest BCUT2D eigenvalue weighted by molar-refractivity contribution is 6.53. The molecule has 0 unspecified atom stereocenters. The number of hydrogen-bond donors (Lipinski definition) is 2. The third kappa shape index (κ3) is 5.66. The lowest BCUT2D eigenvalue weighted by Gasteiger charge is -2.27. The number of nitrogens with zero attached hydrogens (tertiary/aromatic N) is 3. The first-order chi connectivity index (χ1) is 15.4. The summed E-state index contributed by atoms with van der Waals surface area (Å²) in [5.41, 5.74) is 0.621. The molecular weight excluding hydrogens is 408 g/mol. The van der Waals surface area contributed by atoms with Gasteiger partial charge < -0.3 is 10.4 Å². The lowest BCUT2D eigenvalue weighted by molar-refractivity contribution is -0.137. The van der Waals surface area contributed by atoms with Crippen LogP contribution in [-0.2, 0) is 16.1 Å². The zero-order valence-corrected chi connectivity index (χ0v) is 19.7.